The highest BCUT2D eigenvalue weighted by Crippen LogP contribution is 2.39. The molecule has 1 aliphatic carbocycles. The number of fused-ring (bicyclic) bond motifs is 1. The van der Waals surface area contributed by atoms with Crippen molar-refractivity contribution in [1.82, 2.24) is 5.32 Å². The summed E-state index contributed by atoms with van der Waals surface area (Å²) in [6, 6.07) is 6.69. The molecule has 2 aliphatic heterocycles. The third-order valence-corrected chi connectivity index (χ3v) is 5.81. The third-order valence-electron chi connectivity index (χ3n) is 5.81. The Balaban J connectivity index is 1.56. The van der Waals surface area contributed by atoms with Gasteiger partial charge in [0, 0.05) is 25.2 Å². The van der Waals surface area contributed by atoms with Gasteiger partial charge in [-0.05, 0) is 61.3 Å². The fraction of sp³-hybridized carbons (Fsp3) is 0.600. The maximum absolute atomic E-state index is 12.2. The lowest BCUT2D eigenvalue weighted by atomic mass is 9.84. The number of carbonyl (C=O) groups is 1. The van der Waals surface area contributed by atoms with Gasteiger partial charge in [-0.1, -0.05) is 6.42 Å². The molecule has 25 heavy (non-hydrogen) atoms. The standard InChI is InChI=1S/C20H27N3O2/c1-14(24)23(12-15-3-2-4-15)18-5-6-20-19(10-18)16(7-8-25-20)9-17-11-21-13-22-17/h5-6,10,13,15-17H,2-4,7-9,11-12H2,1H3,(H,21,22). The number of rotatable bonds is 5. The van der Waals surface area contributed by atoms with Crippen molar-refractivity contribution in [3.05, 3.63) is 23.8 Å². The van der Waals surface area contributed by atoms with Gasteiger partial charge in [0.25, 0.3) is 0 Å². The highest BCUT2D eigenvalue weighted by Gasteiger charge is 2.28. The topological polar surface area (TPSA) is 53.9 Å². The molecule has 3 aliphatic rings. The van der Waals surface area contributed by atoms with E-state index in [9.17, 15) is 4.79 Å². The minimum absolute atomic E-state index is 0.131. The molecule has 5 heteroatoms. The van der Waals surface area contributed by atoms with Gasteiger partial charge in [-0.25, -0.2) is 0 Å². The molecule has 1 aromatic carbocycles. The van der Waals surface area contributed by atoms with E-state index >= 15 is 0 Å². The SMILES string of the molecule is CC(=O)N(CC1CCC1)c1ccc2c(c1)C(CC1CN=CN1)CCO2. The van der Waals surface area contributed by atoms with Gasteiger partial charge < -0.3 is 15.0 Å². The Morgan fingerprint density at radius 1 is 1.36 bits per heavy atom. The number of hydrogen-bond donors (Lipinski definition) is 1. The predicted molar refractivity (Wildman–Crippen MR) is 99.6 cm³/mol. The van der Waals surface area contributed by atoms with Crippen LogP contribution in [-0.2, 0) is 4.79 Å². The molecule has 1 amide bonds. The Morgan fingerprint density at radius 2 is 2.24 bits per heavy atom. The van der Waals surface area contributed by atoms with Gasteiger partial charge in [-0.3, -0.25) is 9.79 Å². The Bertz CT molecular complexity index is 661. The van der Waals surface area contributed by atoms with Gasteiger partial charge >= 0.3 is 0 Å². The molecule has 134 valence electrons. The van der Waals surface area contributed by atoms with Crippen LogP contribution in [0.3, 0.4) is 0 Å². The van der Waals surface area contributed by atoms with Crippen LogP contribution < -0.4 is 15.0 Å². The van der Waals surface area contributed by atoms with Crippen molar-refractivity contribution in [1.29, 1.82) is 0 Å². The molecular formula is C20H27N3O2. The quantitative estimate of drug-likeness (QED) is 0.895. The zero-order valence-electron chi connectivity index (χ0n) is 14.9. The maximum atomic E-state index is 12.2. The molecular weight excluding hydrogens is 314 g/mol. The Morgan fingerprint density at radius 3 is 2.92 bits per heavy atom. The van der Waals surface area contributed by atoms with Crippen molar-refractivity contribution >= 4 is 17.9 Å². The van der Waals surface area contributed by atoms with E-state index in [2.05, 4.69) is 16.4 Å². The average molecular weight is 341 g/mol. The van der Waals surface area contributed by atoms with Crippen molar-refractivity contribution in [2.75, 3.05) is 24.6 Å². The van der Waals surface area contributed by atoms with Crippen molar-refractivity contribution in [3.8, 4) is 5.75 Å². The zero-order valence-corrected chi connectivity index (χ0v) is 14.9. The van der Waals surface area contributed by atoms with Gasteiger partial charge in [-0.15, -0.1) is 0 Å². The molecule has 0 bridgehead atoms. The number of aliphatic imine (C=N–C) groups is 1. The molecule has 1 N–H and O–H groups in total. The average Bonchev–Trinajstić information content (AvgIpc) is 3.07. The van der Waals surface area contributed by atoms with Crippen LogP contribution in [0.25, 0.3) is 0 Å². The van der Waals surface area contributed by atoms with Crippen molar-refractivity contribution in [2.24, 2.45) is 10.9 Å². The summed E-state index contributed by atoms with van der Waals surface area (Å²) in [6.45, 7) is 4.14. The summed E-state index contributed by atoms with van der Waals surface area (Å²) in [5.74, 6) is 2.23. The highest BCUT2D eigenvalue weighted by molar-refractivity contribution is 5.91. The molecule has 0 spiro atoms. The van der Waals surface area contributed by atoms with Crippen molar-refractivity contribution in [3.63, 3.8) is 0 Å². The van der Waals surface area contributed by atoms with Gasteiger partial charge in [0.1, 0.15) is 5.75 Å². The van der Waals surface area contributed by atoms with Gasteiger partial charge in [0.2, 0.25) is 5.91 Å². The molecule has 4 rings (SSSR count). The lowest BCUT2D eigenvalue weighted by molar-refractivity contribution is -0.116. The molecule has 2 unspecified atom stereocenters. The number of anilines is 1. The zero-order chi connectivity index (χ0) is 17.2. The van der Waals surface area contributed by atoms with Crippen molar-refractivity contribution < 1.29 is 9.53 Å². The molecule has 0 aromatic heterocycles. The summed E-state index contributed by atoms with van der Waals surface area (Å²) in [7, 11) is 0. The van der Waals surface area contributed by atoms with Crippen LogP contribution in [0.1, 0.15) is 50.5 Å². The number of carbonyl (C=O) groups excluding carboxylic acids is 1. The molecule has 0 radical (unpaired) electrons. The van der Waals surface area contributed by atoms with Crippen LogP contribution in [-0.4, -0.2) is 38.0 Å². The molecule has 5 nitrogen and oxygen atoms in total. The lowest BCUT2D eigenvalue weighted by Gasteiger charge is -2.33. The Labute approximate surface area is 149 Å². The summed E-state index contributed by atoms with van der Waals surface area (Å²) < 4.78 is 5.87. The first-order chi connectivity index (χ1) is 12.2. The highest BCUT2D eigenvalue weighted by atomic mass is 16.5. The number of nitrogens with one attached hydrogen (secondary N) is 1. The Kier molecular flexibility index (Phi) is 4.64. The Hall–Kier alpha value is -2.04. The van der Waals surface area contributed by atoms with E-state index < -0.39 is 0 Å². The number of benzene rings is 1. The minimum Gasteiger partial charge on any atom is -0.493 e. The first kappa shape index (κ1) is 16.4. The molecule has 0 saturated heterocycles. The molecule has 1 fully saturated rings. The normalized spacial score (nSPS) is 24.8. The van der Waals surface area contributed by atoms with E-state index in [1.54, 1.807) is 6.92 Å². The summed E-state index contributed by atoms with van der Waals surface area (Å²) in [5, 5.41) is 3.33. The second-order valence-corrected chi connectivity index (χ2v) is 7.58. The fourth-order valence-electron chi connectivity index (χ4n) is 4.09. The third kappa shape index (κ3) is 3.51. The second kappa shape index (κ2) is 7.06. The second-order valence-electron chi connectivity index (χ2n) is 7.58. The number of ether oxygens (including phenoxy) is 1. The molecule has 2 heterocycles. The lowest BCUT2D eigenvalue weighted by Crippen LogP contribution is -2.36. The summed E-state index contributed by atoms with van der Waals surface area (Å²) in [4.78, 5) is 18.5. The summed E-state index contributed by atoms with van der Waals surface area (Å²) in [5.41, 5.74) is 2.27. The van der Waals surface area contributed by atoms with E-state index in [-0.39, 0.29) is 5.91 Å². The van der Waals surface area contributed by atoms with Gasteiger partial charge in [0.05, 0.1) is 19.5 Å². The van der Waals surface area contributed by atoms with Crippen LogP contribution in [0, 0.1) is 5.92 Å². The summed E-state index contributed by atoms with van der Waals surface area (Å²) in [6.07, 6.45) is 7.69. The molecule has 2 atom stereocenters. The van der Waals surface area contributed by atoms with Crippen LogP contribution in [0.4, 0.5) is 5.69 Å². The first-order valence-electron chi connectivity index (χ1n) is 9.50. The largest absolute Gasteiger partial charge is 0.493 e. The summed E-state index contributed by atoms with van der Waals surface area (Å²) >= 11 is 0. The van der Waals surface area contributed by atoms with Crippen LogP contribution in [0.2, 0.25) is 0 Å². The minimum atomic E-state index is 0.131. The van der Waals surface area contributed by atoms with Crippen LogP contribution in [0.5, 0.6) is 5.75 Å². The molecule has 1 aromatic rings. The first-order valence-corrected chi connectivity index (χ1v) is 9.50. The molecule has 1 saturated carbocycles. The van der Waals surface area contributed by atoms with Gasteiger partial charge in [-0.2, -0.15) is 0 Å². The smallest absolute Gasteiger partial charge is 0.223 e. The van der Waals surface area contributed by atoms with E-state index in [1.165, 1.54) is 24.8 Å². The van der Waals surface area contributed by atoms with E-state index in [1.807, 2.05) is 23.4 Å². The number of hydrogen-bond acceptors (Lipinski definition) is 4. The maximum Gasteiger partial charge on any atom is 0.223 e. The van der Waals surface area contributed by atoms with E-state index in [0.29, 0.717) is 17.9 Å². The van der Waals surface area contributed by atoms with E-state index in [4.69, 9.17) is 4.74 Å². The predicted octanol–water partition coefficient (Wildman–Crippen LogP) is 3.10. The fourth-order valence-corrected chi connectivity index (χ4v) is 4.09. The van der Waals surface area contributed by atoms with Crippen LogP contribution in [0.15, 0.2) is 23.2 Å². The van der Waals surface area contributed by atoms with Crippen LogP contribution >= 0.6 is 0 Å². The van der Waals surface area contributed by atoms with Crippen molar-refractivity contribution in [2.45, 2.75) is 51.0 Å². The number of nitrogens with zero attached hydrogens (tertiary/aromatic N) is 2. The monoisotopic (exact) mass is 341 g/mol. The van der Waals surface area contributed by atoms with E-state index in [0.717, 1.165) is 44.0 Å². The van der Waals surface area contributed by atoms with Gasteiger partial charge in [0.15, 0.2) is 0 Å². The number of amides is 1.